The monoisotopic (exact) mass is 420 g/mol. The first kappa shape index (κ1) is 20.9. The van der Waals surface area contributed by atoms with Crippen LogP contribution in [-0.4, -0.2) is 48.0 Å². The SMILES string of the molecule is COc1cccc(C2CC3C(=O)N(CCNC(=O)c4ccc(C)cc4C)C=CN3N2)c1. The van der Waals surface area contributed by atoms with Gasteiger partial charge in [0.15, 0.2) is 0 Å². The Morgan fingerprint density at radius 1 is 1.19 bits per heavy atom. The van der Waals surface area contributed by atoms with Crippen LogP contribution in [0.1, 0.15) is 39.5 Å². The number of nitrogens with one attached hydrogen (secondary N) is 2. The minimum atomic E-state index is -0.267. The predicted molar refractivity (Wildman–Crippen MR) is 118 cm³/mol. The van der Waals surface area contributed by atoms with E-state index in [9.17, 15) is 9.59 Å². The summed E-state index contributed by atoms with van der Waals surface area (Å²) in [5, 5.41) is 4.80. The van der Waals surface area contributed by atoms with Gasteiger partial charge in [-0.25, -0.2) is 5.43 Å². The largest absolute Gasteiger partial charge is 0.497 e. The zero-order chi connectivity index (χ0) is 22.0. The van der Waals surface area contributed by atoms with E-state index in [0.29, 0.717) is 25.1 Å². The van der Waals surface area contributed by atoms with E-state index in [1.54, 1.807) is 18.2 Å². The first-order valence-electron chi connectivity index (χ1n) is 10.5. The van der Waals surface area contributed by atoms with Gasteiger partial charge in [0.1, 0.15) is 11.8 Å². The Hall–Kier alpha value is -3.32. The molecule has 31 heavy (non-hydrogen) atoms. The molecule has 2 aromatic rings. The van der Waals surface area contributed by atoms with Crippen molar-refractivity contribution < 1.29 is 14.3 Å². The maximum atomic E-state index is 13.0. The molecule has 2 N–H and O–H groups in total. The fraction of sp³-hybridized carbons (Fsp3) is 0.333. The molecule has 0 saturated carbocycles. The Kier molecular flexibility index (Phi) is 5.95. The number of hydrogen-bond donors (Lipinski definition) is 2. The van der Waals surface area contributed by atoms with Gasteiger partial charge in [-0.15, -0.1) is 0 Å². The molecule has 1 fully saturated rings. The predicted octanol–water partition coefficient (Wildman–Crippen LogP) is 2.68. The third-order valence-electron chi connectivity index (χ3n) is 5.84. The van der Waals surface area contributed by atoms with Crippen LogP contribution in [0.5, 0.6) is 5.75 Å². The van der Waals surface area contributed by atoms with Gasteiger partial charge in [0.2, 0.25) is 0 Å². The highest BCUT2D eigenvalue weighted by Crippen LogP contribution is 2.32. The van der Waals surface area contributed by atoms with Crippen molar-refractivity contribution in [2.24, 2.45) is 0 Å². The second-order valence-electron chi connectivity index (χ2n) is 8.02. The highest BCUT2D eigenvalue weighted by Gasteiger charge is 2.39. The Bertz CT molecular complexity index is 1020. The van der Waals surface area contributed by atoms with E-state index in [1.807, 2.05) is 67.5 Å². The molecule has 2 atom stereocenters. The maximum Gasteiger partial charge on any atom is 0.251 e. The van der Waals surface area contributed by atoms with Gasteiger partial charge >= 0.3 is 0 Å². The number of fused-ring (bicyclic) bond motifs is 1. The number of hydrogen-bond acceptors (Lipinski definition) is 5. The van der Waals surface area contributed by atoms with Gasteiger partial charge in [-0.3, -0.25) is 9.59 Å². The third-order valence-corrected chi connectivity index (χ3v) is 5.84. The fourth-order valence-corrected chi connectivity index (χ4v) is 4.15. The molecule has 7 nitrogen and oxygen atoms in total. The Morgan fingerprint density at radius 3 is 2.81 bits per heavy atom. The van der Waals surface area contributed by atoms with Crippen molar-refractivity contribution in [1.82, 2.24) is 20.7 Å². The van der Waals surface area contributed by atoms with Crippen LogP contribution >= 0.6 is 0 Å². The van der Waals surface area contributed by atoms with Crippen LogP contribution in [0.4, 0.5) is 0 Å². The molecule has 2 heterocycles. The van der Waals surface area contributed by atoms with Gasteiger partial charge in [-0.2, -0.15) is 0 Å². The molecule has 2 unspecified atom stereocenters. The number of ether oxygens (including phenoxy) is 1. The van der Waals surface area contributed by atoms with Gasteiger partial charge in [-0.1, -0.05) is 29.8 Å². The van der Waals surface area contributed by atoms with E-state index in [-0.39, 0.29) is 23.9 Å². The van der Waals surface area contributed by atoms with E-state index < -0.39 is 0 Å². The molecule has 1 saturated heterocycles. The number of carbonyl (C=O) groups excluding carboxylic acids is 2. The highest BCUT2D eigenvalue weighted by atomic mass is 16.5. The summed E-state index contributed by atoms with van der Waals surface area (Å²) in [5.74, 6) is 0.710. The first-order chi connectivity index (χ1) is 15.0. The van der Waals surface area contributed by atoms with Crippen LogP contribution in [0.3, 0.4) is 0 Å². The number of aryl methyl sites for hydroxylation is 2. The topological polar surface area (TPSA) is 73.9 Å². The van der Waals surface area contributed by atoms with Gasteiger partial charge < -0.3 is 20.0 Å². The lowest BCUT2D eigenvalue weighted by Crippen LogP contribution is -2.49. The second kappa shape index (κ2) is 8.81. The molecule has 0 radical (unpaired) electrons. The van der Waals surface area contributed by atoms with E-state index in [2.05, 4.69) is 10.7 Å². The highest BCUT2D eigenvalue weighted by molar-refractivity contribution is 5.95. The number of benzene rings is 2. The van der Waals surface area contributed by atoms with Gasteiger partial charge in [0.25, 0.3) is 11.8 Å². The van der Waals surface area contributed by atoms with Crippen molar-refractivity contribution in [2.45, 2.75) is 32.4 Å². The zero-order valence-corrected chi connectivity index (χ0v) is 18.1. The van der Waals surface area contributed by atoms with E-state index in [1.165, 1.54) is 0 Å². The summed E-state index contributed by atoms with van der Waals surface area (Å²) in [5.41, 5.74) is 7.21. The molecule has 7 heteroatoms. The summed E-state index contributed by atoms with van der Waals surface area (Å²) >= 11 is 0. The number of rotatable bonds is 6. The fourth-order valence-electron chi connectivity index (χ4n) is 4.15. The standard InChI is InChI=1S/C24H28N4O3/c1-16-7-8-20(17(2)13-16)23(29)25-9-10-27-11-12-28-22(24(27)30)15-21(26-28)18-5-4-6-19(14-18)31-3/h4-8,11-14,21-22,26H,9-10,15H2,1-3H3,(H,25,29). The molecule has 0 aliphatic carbocycles. The molecule has 0 spiro atoms. The van der Waals surface area contributed by atoms with Gasteiger partial charge in [0, 0.05) is 31.1 Å². The molecule has 2 aliphatic rings. The summed E-state index contributed by atoms with van der Waals surface area (Å²) in [6.45, 7) is 4.75. The van der Waals surface area contributed by atoms with E-state index >= 15 is 0 Å². The lowest BCUT2D eigenvalue weighted by molar-refractivity contribution is -0.134. The number of amides is 2. The van der Waals surface area contributed by atoms with Crippen molar-refractivity contribution in [3.8, 4) is 5.75 Å². The molecule has 2 aromatic carbocycles. The summed E-state index contributed by atoms with van der Waals surface area (Å²) < 4.78 is 5.31. The second-order valence-corrected chi connectivity index (χ2v) is 8.02. The first-order valence-corrected chi connectivity index (χ1v) is 10.5. The van der Waals surface area contributed by atoms with Crippen LogP contribution in [0.25, 0.3) is 0 Å². The van der Waals surface area contributed by atoms with Crippen molar-refractivity contribution in [3.05, 3.63) is 77.1 Å². The minimum Gasteiger partial charge on any atom is -0.497 e. The molecule has 162 valence electrons. The summed E-state index contributed by atoms with van der Waals surface area (Å²) in [6, 6.07) is 13.4. The van der Waals surface area contributed by atoms with E-state index in [0.717, 1.165) is 22.4 Å². The lowest BCUT2D eigenvalue weighted by Gasteiger charge is -2.31. The zero-order valence-electron chi connectivity index (χ0n) is 18.1. The van der Waals surface area contributed by atoms with Crippen LogP contribution < -0.4 is 15.5 Å². The van der Waals surface area contributed by atoms with E-state index in [4.69, 9.17) is 4.74 Å². The minimum absolute atomic E-state index is 0.0289. The van der Waals surface area contributed by atoms with Crippen molar-refractivity contribution >= 4 is 11.8 Å². The lowest BCUT2D eigenvalue weighted by atomic mass is 10.0. The molecular formula is C24H28N4O3. The van der Waals surface area contributed by atoms with Gasteiger partial charge in [0.05, 0.1) is 13.2 Å². The molecule has 0 bridgehead atoms. The smallest absolute Gasteiger partial charge is 0.251 e. The number of methoxy groups -OCH3 is 1. The maximum absolute atomic E-state index is 13.0. The average Bonchev–Trinajstić information content (AvgIpc) is 3.20. The van der Waals surface area contributed by atoms with Crippen LogP contribution in [-0.2, 0) is 4.79 Å². The average molecular weight is 421 g/mol. The number of carbonyl (C=O) groups is 2. The molecule has 4 rings (SSSR count). The Morgan fingerprint density at radius 2 is 2.03 bits per heavy atom. The van der Waals surface area contributed by atoms with Crippen LogP contribution in [0.15, 0.2) is 54.9 Å². The molecule has 2 amide bonds. The quantitative estimate of drug-likeness (QED) is 0.752. The van der Waals surface area contributed by atoms with Crippen LogP contribution in [0.2, 0.25) is 0 Å². The Balaban J connectivity index is 1.33. The number of hydrazine groups is 1. The van der Waals surface area contributed by atoms with Crippen LogP contribution in [0, 0.1) is 13.8 Å². The summed E-state index contributed by atoms with van der Waals surface area (Å²) in [6.07, 6.45) is 4.32. The summed E-state index contributed by atoms with van der Waals surface area (Å²) in [7, 11) is 1.65. The summed E-state index contributed by atoms with van der Waals surface area (Å²) in [4.78, 5) is 27.2. The van der Waals surface area contributed by atoms with Crippen molar-refractivity contribution in [2.75, 3.05) is 20.2 Å². The third kappa shape index (κ3) is 4.41. The molecular weight excluding hydrogens is 392 g/mol. The molecule has 0 aromatic heterocycles. The normalized spacial score (nSPS) is 20.0. The van der Waals surface area contributed by atoms with Crippen molar-refractivity contribution in [3.63, 3.8) is 0 Å². The Labute approximate surface area is 182 Å². The number of nitrogens with zero attached hydrogens (tertiary/aromatic N) is 2. The van der Waals surface area contributed by atoms with Gasteiger partial charge in [-0.05, 0) is 49.6 Å². The molecule has 2 aliphatic heterocycles. The van der Waals surface area contributed by atoms with Crippen molar-refractivity contribution in [1.29, 1.82) is 0 Å².